The maximum atomic E-state index is 4.54. The molecule has 1 aliphatic rings. The van der Waals surface area contributed by atoms with E-state index >= 15 is 0 Å². The Kier molecular flexibility index (Phi) is 4.25. The summed E-state index contributed by atoms with van der Waals surface area (Å²) in [6.45, 7) is 0.606. The Balaban J connectivity index is 0.000000360. The Labute approximate surface area is 76.8 Å². The van der Waals surface area contributed by atoms with E-state index in [0.717, 1.165) is 0 Å². The third-order valence-electron chi connectivity index (χ3n) is 0.455. The molecule has 0 bridgehead atoms. The number of rotatable bonds is 0. The van der Waals surface area contributed by atoms with Crippen LogP contribution in [0, 0.1) is 0 Å². The molecule has 0 aromatic carbocycles. The average Bonchev–Trinajstić information content (AvgIpc) is 1.86. The zero-order valence-corrected chi connectivity index (χ0v) is 3.83. The second-order valence-electron chi connectivity index (χ2n) is 0.899. The fourth-order valence-electron chi connectivity index (χ4n) is 0.229. The van der Waals surface area contributed by atoms with Gasteiger partial charge in [0.05, 0.1) is 5.22 Å². The molecular weight excluding hydrogens is 140 g/mol. The summed E-state index contributed by atoms with van der Waals surface area (Å²) in [6.07, 6.45) is 0. The minimum absolute atomic E-state index is 0. The molecule has 0 aliphatic carbocycles. The Hall–Kier alpha value is 0.840. The van der Waals surface area contributed by atoms with Crippen molar-refractivity contribution in [2.24, 2.45) is 5.22 Å². The van der Waals surface area contributed by atoms with E-state index in [1.54, 1.807) is 0 Å². The SMILES string of the molecule is [CaH2].[S-][N+]1=NNNC1. The summed E-state index contributed by atoms with van der Waals surface area (Å²) in [5.74, 6) is 0. The first kappa shape index (κ1) is 7.84. The third kappa shape index (κ3) is 2.61. The first-order valence-electron chi connectivity index (χ1n) is 1.53. The van der Waals surface area contributed by atoms with E-state index in [4.69, 9.17) is 0 Å². The van der Waals surface area contributed by atoms with Crippen molar-refractivity contribution < 1.29 is 4.10 Å². The van der Waals surface area contributed by atoms with E-state index in [2.05, 4.69) is 29.0 Å². The van der Waals surface area contributed by atoms with Gasteiger partial charge in [-0.1, -0.05) is 0 Å². The maximum Gasteiger partial charge on any atom is 0.175 e. The van der Waals surface area contributed by atoms with Gasteiger partial charge in [0.1, 0.15) is 0 Å². The molecular formula is CH6CaN4S. The number of hydrogen-bond donors (Lipinski definition) is 2. The molecule has 0 saturated heterocycles. The first-order chi connectivity index (χ1) is 2.89. The van der Waals surface area contributed by atoms with Crippen LogP contribution in [0.25, 0.3) is 0 Å². The van der Waals surface area contributed by atoms with Crippen molar-refractivity contribution >= 4 is 50.6 Å². The number of nitrogens with one attached hydrogen (secondary N) is 2. The third-order valence-corrected chi connectivity index (χ3v) is 0.666. The molecule has 7 heavy (non-hydrogen) atoms. The predicted molar refractivity (Wildman–Crippen MR) is 29.7 cm³/mol. The van der Waals surface area contributed by atoms with Crippen LogP contribution in [-0.2, 0) is 12.8 Å². The van der Waals surface area contributed by atoms with Crippen molar-refractivity contribution in [3.63, 3.8) is 0 Å². The molecule has 0 fully saturated rings. The fraction of sp³-hybridized carbons (Fsp3) is 1.00. The van der Waals surface area contributed by atoms with Crippen molar-refractivity contribution in [2.45, 2.75) is 0 Å². The van der Waals surface area contributed by atoms with Crippen LogP contribution in [0.15, 0.2) is 5.22 Å². The molecule has 0 spiro atoms. The minimum atomic E-state index is 0. The van der Waals surface area contributed by atoms with Crippen molar-refractivity contribution in [3.8, 4) is 0 Å². The predicted octanol–water partition coefficient (Wildman–Crippen LogP) is -2.02. The monoisotopic (exact) mass is 146 g/mol. The Morgan fingerprint density at radius 2 is 2.43 bits per heavy atom. The molecule has 1 aliphatic heterocycles. The van der Waals surface area contributed by atoms with Gasteiger partial charge in [0.15, 0.2) is 6.67 Å². The molecule has 0 aromatic rings. The quantitative estimate of drug-likeness (QED) is 0.235. The average molecular weight is 146 g/mol. The van der Waals surface area contributed by atoms with E-state index in [1.807, 2.05) is 0 Å². The first-order valence-corrected chi connectivity index (χ1v) is 1.89. The second-order valence-corrected chi connectivity index (χ2v) is 1.32. The molecule has 0 radical (unpaired) electrons. The summed E-state index contributed by atoms with van der Waals surface area (Å²) >= 11 is 4.54. The normalized spacial score (nSPS) is 16.9. The van der Waals surface area contributed by atoms with Crippen LogP contribution >= 0.6 is 0 Å². The van der Waals surface area contributed by atoms with Crippen molar-refractivity contribution in [1.29, 1.82) is 0 Å². The van der Waals surface area contributed by atoms with Crippen LogP contribution in [0.2, 0.25) is 0 Å². The van der Waals surface area contributed by atoms with E-state index in [1.165, 1.54) is 4.10 Å². The summed E-state index contributed by atoms with van der Waals surface area (Å²) in [7, 11) is 0. The van der Waals surface area contributed by atoms with E-state index in [0.29, 0.717) is 6.67 Å². The van der Waals surface area contributed by atoms with Crippen LogP contribution in [0.4, 0.5) is 0 Å². The van der Waals surface area contributed by atoms with Gasteiger partial charge < -0.3 is 12.8 Å². The van der Waals surface area contributed by atoms with Gasteiger partial charge in [-0.3, -0.25) is 4.10 Å². The number of nitrogens with zero attached hydrogens (tertiary/aromatic N) is 2. The minimum Gasteiger partial charge on any atom is -0.532 e. The van der Waals surface area contributed by atoms with Crippen molar-refractivity contribution in [1.82, 2.24) is 11.0 Å². The van der Waals surface area contributed by atoms with Gasteiger partial charge in [-0.05, 0) is 0 Å². The van der Waals surface area contributed by atoms with Gasteiger partial charge >= 0.3 is 37.7 Å². The molecule has 1 heterocycles. The summed E-state index contributed by atoms with van der Waals surface area (Å²) < 4.78 is 1.35. The Bertz CT molecular complexity index is 81.8. The van der Waals surface area contributed by atoms with Crippen LogP contribution in [-0.4, -0.2) is 48.5 Å². The molecule has 0 amide bonds. The summed E-state index contributed by atoms with van der Waals surface area (Å²) in [4.78, 5) is 0. The summed E-state index contributed by atoms with van der Waals surface area (Å²) in [6, 6.07) is 0. The van der Waals surface area contributed by atoms with E-state index < -0.39 is 0 Å². The maximum absolute atomic E-state index is 4.54. The smallest absolute Gasteiger partial charge is 0.175 e. The van der Waals surface area contributed by atoms with Crippen LogP contribution in [0.1, 0.15) is 0 Å². The Morgan fingerprint density at radius 3 is 2.57 bits per heavy atom. The van der Waals surface area contributed by atoms with Gasteiger partial charge in [-0.2, -0.15) is 0 Å². The second kappa shape index (κ2) is 3.80. The molecule has 4 nitrogen and oxygen atoms in total. The largest absolute Gasteiger partial charge is 0.532 e. The van der Waals surface area contributed by atoms with Crippen LogP contribution in [0.3, 0.4) is 0 Å². The van der Waals surface area contributed by atoms with Gasteiger partial charge in [0.25, 0.3) is 0 Å². The number of hydrogen-bond acceptors (Lipinski definition) is 4. The van der Waals surface area contributed by atoms with E-state index in [9.17, 15) is 0 Å². The van der Waals surface area contributed by atoms with Gasteiger partial charge in [-0.15, -0.1) is 11.0 Å². The molecule has 0 saturated carbocycles. The molecule has 2 N–H and O–H groups in total. The van der Waals surface area contributed by atoms with E-state index in [-0.39, 0.29) is 37.7 Å². The van der Waals surface area contributed by atoms with Crippen molar-refractivity contribution in [3.05, 3.63) is 0 Å². The zero-order valence-electron chi connectivity index (χ0n) is 3.01. The Morgan fingerprint density at radius 1 is 1.71 bits per heavy atom. The molecule has 0 atom stereocenters. The van der Waals surface area contributed by atoms with Crippen LogP contribution in [0.5, 0.6) is 0 Å². The topological polar surface area (TPSA) is 39.4 Å². The number of hydrazine groups is 1. The molecule has 0 unspecified atom stereocenters. The molecule has 1 rings (SSSR count). The van der Waals surface area contributed by atoms with Crippen molar-refractivity contribution in [2.75, 3.05) is 6.67 Å². The van der Waals surface area contributed by atoms with Gasteiger partial charge in [0.2, 0.25) is 0 Å². The molecule has 38 valence electrons. The van der Waals surface area contributed by atoms with Crippen LogP contribution < -0.4 is 11.0 Å². The fourth-order valence-corrected chi connectivity index (χ4v) is 0.335. The zero-order chi connectivity index (χ0) is 4.41. The molecule has 0 aromatic heterocycles. The summed E-state index contributed by atoms with van der Waals surface area (Å²) in [5, 5.41) is 3.52. The standard InChI is InChI=1S/CH4N4S.Ca.2H/c6-5-1-2-3-4-5;;;/h2-3H,1H2;;;. The van der Waals surface area contributed by atoms with Gasteiger partial charge in [-0.25, -0.2) is 0 Å². The van der Waals surface area contributed by atoms with Gasteiger partial charge in [0, 0.05) is 0 Å². The molecule has 6 heteroatoms. The summed E-state index contributed by atoms with van der Waals surface area (Å²) in [5.41, 5.74) is 5.15.